The molecule has 1 aliphatic carbocycles. The topological polar surface area (TPSA) is 82.3 Å². The number of hydrogen-bond donors (Lipinski definition) is 2. The maximum absolute atomic E-state index is 13.6. The van der Waals surface area contributed by atoms with Crippen LogP contribution in [-0.4, -0.2) is 23.3 Å². The molecular formula is C32H39N3O3. The molecule has 1 aliphatic rings. The lowest BCUT2D eigenvalue weighted by atomic mass is 9.95. The van der Waals surface area contributed by atoms with E-state index in [4.69, 9.17) is 0 Å². The fraction of sp³-hybridized carbons (Fsp3) is 0.406. The molecule has 0 radical (unpaired) electrons. The second-order valence-corrected chi connectivity index (χ2v) is 10.4. The van der Waals surface area contributed by atoms with Crippen LogP contribution in [0.25, 0.3) is 11.1 Å². The normalized spacial score (nSPS) is 13.5. The maximum Gasteiger partial charge on any atom is 0.253 e. The van der Waals surface area contributed by atoms with Crippen molar-refractivity contribution >= 4 is 17.5 Å². The number of benzene rings is 2. The molecule has 0 bridgehead atoms. The number of rotatable bonds is 8. The SMILES string of the molecule is CCc1ccc(-c2cc(C(=O)NCc3c(C)cc(C)[nH]c3=O)c(C)c(N(CC)C(=O)C3CCCC3)c2)cc1. The van der Waals surface area contributed by atoms with Crippen molar-refractivity contribution in [2.45, 2.75) is 73.3 Å². The third-order valence-electron chi connectivity index (χ3n) is 7.82. The van der Waals surface area contributed by atoms with Crippen molar-refractivity contribution in [2.75, 3.05) is 11.4 Å². The highest BCUT2D eigenvalue weighted by Gasteiger charge is 2.29. The van der Waals surface area contributed by atoms with Crippen LogP contribution in [0.5, 0.6) is 0 Å². The minimum absolute atomic E-state index is 0.0374. The number of hydrogen-bond acceptors (Lipinski definition) is 3. The predicted octanol–water partition coefficient (Wildman–Crippen LogP) is 6.00. The summed E-state index contributed by atoms with van der Waals surface area (Å²) in [6.45, 7) is 10.4. The van der Waals surface area contributed by atoms with Crippen molar-refractivity contribution in [3.05, 3.63) is 86.3 Å². The van der Waals surface area contributed by atoms with E-state index in [9.17, 15) is 14.4 Å². The average molecular weight is 514 g/mol. The summed E-state index contributed by atoms with van der Waals surface area (Å²) in [6.07, 6.45) is 4.96. The van der Waals surface area contributed by atoms with Crippen molar-refractivity contribution in [2.24, 2.45) is 5.92 Å². The van der Waals surface area contributed by atoms with Crippen LogP contribution in [0.2, 0.25) is 0 Å². The van der Waals surface area contributed by atoms with Crippen LogP contribution in [0.3, 0.4) is 0 Å². The first kappa shape index (κ1) is 27.4. The highest BCUT2D eigenvalue weighted by molar-refractivity contribution is 6.02. The van der Waals surface area contributed by atoms with Gasteiger partial charge in [0.2, 0.25) is 5.91 Å². The Labute approximate surface area is 225 Å². The van der Waals surface area contributed by atoms with Gasteiger partial charge in [-0.2, -0.15) is 0 Å². The van der Waals surface area contributed by atoms with Gasteiger partial charge in [-0.05, 0) is 93.0 Å². The number of carbonyl (C=O) groups excluding carboxylic acids is 2. The minimum Gasteiger partial charge on any atom is -0.348 e. The van der Waals surface area contributed by atoms with E-state index in [0.717, 1.165) is 65.7 Å². The molecule has 2 N–H and O–H groups in total. The quantitative estimate of drug-likeness (QED) is 0.387. The third-order valence-corrected chi connectivity index (χ3v) is 7.82. The van der Waals surface area contributed by atoms with Crippen LogP contribution in [0.1, 0.15) is 77.8 Å². The Morgan fingerprint density at radius 1 is 0.974 bits per heavy atom. The van der Waals surface area contributed by atoms with E-state index in [-0.39, 0.29) is 29.8 Å². The molecule has 0 saturated heterocycles. The van der Waals surface area contributed by atoms with Gasteiger partial charge in [0.05, 0.1) is 0 Å². The molecule has 0 atom stereocenters. The molecule has 6 nitrogen and oxygen atoms in total. The number of pyridine rings is 1. The van der Waals surface area contributed by atoms with Crippen molar-refractivity contribution in [1.29, 1.82) is 0 Å². The summed E-state index contributed by atoms with van der Waals surface area (Å²) in [5.74, 6) is -0.0883. The molecule has 1 aromatic heterocycles. The van der Waals surface area contributed by atoms with E-state index in [1.54, 1.807) is 0 Å². The molecule has 38 heavy (non-hydrogen) atoms. The van der Waals surface area contributed by atoms with Crippen LogP contribution >= 0.6 is 0 Å². The van der Waals surface area contributed by atoms with Gasteiger partial charge in [0.25, 0.3) is 11.5 Å². The summed E-state index contributed by atoms with van der Waals surface area (Å²) in [5.41, 5.74) is 7.15. The van der Waals surface area contributed by atoms with Crippen LogP contribution in [0.4, 0.5) is 5.69 Å². The van der Waals surface area contributed by atoms with Gasteiger partial charge in [0.1, 0.15) is 0 Å². The minimum atomic E-state index is -0.264. The number of H-pyrrole nitrogens is 1. The lowest BCUT2D eigenvalue weighted by Gasteiger charge is -2.27. The Morgan fingerprint density at radius 2 is 1.66 bits per heavy atom. The first-order chi connectivity index (χ1) is 18.2. The van der Waals surface area contributed by atoms with E-state index in [1.807, 2.05) is 50.8 Å². The van der Waals surface area contributed by atoms with Gasteiger partial charge in [-0.3, -0.25) is 14.4 Å². The monoisotopic (exact) mass is 513 g/mol. The zero-order valence-electron chi connectivity index (χ0n) is 23.2. The van der Waals surface area contributed by atoms with Gasteiger partial charge < -0.3 is 15.2 Å². The highest BCUT2D eigenvalue weighted by Crippen LogP contribution is 2.34. The number of nitrogens with one attached hydrogen (secondary N) is 2. The van der Waals surface area contributed by atoms with E-state index in [2.05, 4.69) is 41.5 Å². The molecule has 1 fully saturated rings. The maximum atomic E-state index is 13.6. The Balaban J connectivity index is 1.74. The number of amides is 2. The van der Waals surface area contributed by atoms with Gasteiger partial charge >= 0.3 is 0 Å². The molecule has 0 unspecified atom stereocenters. The fourth-order valence-electron chi connectivity index (χ4n) is 5.52. The number of carbonyl (C=O) groups is 2. The van der Waals surface area contributed by atoms with E-state index in [0.29, 0.717) is 17.7 Å². The summed E-state index contributed by atoms with van der Waals surface area (Å²) in [5, 5.41) is 2.96. The van der Waals surface area contributed by atoms with Gasteiger partial charge in [-0.25, -0.2) is 0 Å². The summed E-state index contributed by atoms with van der Waals surface area (Å²) < 4.78 is 0. The summed E-state index contributed by atoms with van der Waals surface area (Å²) in [6, 6.07) is 14.2. The van der Waals surface area contributed by atoms with Crippen LogP contribution in [0.15, 0.2) is 47.3 Å². The molecule has 6 heteroatoms. The Kier molecular flexibility index (Phi) is 8.50. The molecule has 0 spiro atoms. The molecule has 1 saturated carbocycles. The van der Waals surface area contributed by atoms with Crippen molar-refractivity contribution in [3.63, 3.8) is 0 Å². The lowest BCUT2D eigenvalue weighted by Crippen LogP contribution is -2.36. The van der Waals surface area contributed by atoms with Crippen LogP contribution < -0.4 is 15.8 Å². The molecule has 4 rings (SSSR count). The molecular weight excluding hydrogens is 474 g/mol. The predicted molar refractivity (Wildman–Crippen MR) is 154 cm³/mol. The summed E-state index contributed by atoms with van der Waals surface area (Å²) in [7, 11) is 0. The number of aromatic amines is 1. The van der Waals surface area contributed by atoms with Crippen LogP contribution in [-0.2, 0) is 17.8 Å². The molecule has 1 heterocycles. The second-order valence-electron chi connectivity index (χ2n) is 10.4. The highest BCUT2D eigenvalue weighted by atomic mass is 16.2. The molecule has 2 amide bonds. The van der Waals surface area contributed by atoms with E-state index < -0.39 is 0 Å². The zero-order valence-corrected chi connectivity index (χ0v) is 23.2. The first-order valence-corrected chi connectivity index (χ1v) is 13.8. The molecule has 2 aromatic carbocycles. The Morgan fingerprint density at radius 3 is 2.26 bits per heavy atom. The summed E-state index contributed by atoms with van der Waals surface area (Å²) >= 11 is 0. The largest absolute Gasteiger partial charge is 0.348 e. The van der Waals surface area contributed by atoms with Crippen LogP contribution in [0, 0.1) is 26.7 Å². The number of aryl methyl sites for hydroxylation is 3. The Hall–Kier alpha value is -3.67. The van der Waals surface area contributed by atoms with Gasteiger partial charge in [0.15, 0.2) is 0 Å². The number of aromatic nitrogens is 1. The van der Waals surface area contributed by atoms with Gasteiger partial charge in [-0.15, -0.1) is 0 Å². The lowest BCUT2D eigenvalue weighted by molar-refractivity contribution is -0.122. The number of nitrogens with zero attached hydrogens (tertiary/aromatic N) is 1. The van der Waals surface area contributed by atoms with Gasteiger partial charge in [0, 0.05) is 41.5 Å². The fourth-order valence-corrected chi connectivity index (χ4v) is 5.52. The van der Waals surface area contributed by atoms with Gasteiger partial charge in [-0.1, -0.05) is 44.0 Å². The first-order valence-electron chi connectivity index (χ1n) is 13.8. The van der Waals surface area contributed by atoms with Crippen molar-refractivity contribution in [1.82, 2.24) is 10.3 Å². The molecule has 3 aromatic rings. The second kappa shape index (κ2) is 11.8. The molecule has 0 aliphatic heterocycles. The Bertz CT molecular complexity index is 1380. The standard InChI is InChI=1S/C32H39N3O3/c1-6-23-12-14-24(15-13-23)26-17-27(30(36)33-19-28-20(3)16-21(4)34-31(28)37)22(5)29(18-26)35(7-2)32(38)25-10-8-9-11-25/h12-18,25H,6-11,19H2,1-5H3,(H,33,36)(H,34,37). The van der Waals surface area contributed by atoms with E-state index in [1.165, 1.54) is 5.56 Å². The number of anilines is 1. The van der Waals surface area contributed by atoms with Crippen molar-refractivity contribution in [3.8, 4) is 11.1 Å². The zero-order chi connectivity index (χ0) is 27.4. The third kappa shape index (κ3) is 5.74. The average Bonchev–Trinajstić information content (AvgIpc) is 3.44. The molecule has 200 valence electrons. The van der Waals surface area contributed by atoms with E-state index >= 15 is 0 Å². The smallest absolute Gasteiger partial charge is 0.253 e. The van der Waals surface area contributed by atoms with Crippen molar-refractivity contribution < 1.29 is 9.59 Å². The summed E-state index contributed by atoms with van der Waals surface area (Å²) in [4.78, 5) is 44.3.